The van der Waals surface area contributed by atoms with Crippen LogP contribution >= 0.6 is 11.3 Å². The summed E-state index contributed by atoms with van der Waals surface area (Å²) >= 11 is 1.34. The lowest BCUT2D eigenvalue weighted by Gasteiger charge is -2.27. The molecule has 0 saturated carbocycles. The number of amides is 1. The van der Waals surface area contributed by atoms with Crippen molar-refractivity contribution in [1.29, 1.82) is 0 Å². The van der Waals surface area contributed by atoms with Crippen molar-refractivity contribution in [3.63, 3.8) is 0 Å². The van der Waals surface area contributed by atoms with Crippen LogP contribution in [0, 0.1) is 12.7 Å². The Balaban J connectivity index is 0.00000336. The minimum absolute atomic E-state index is 0. The zero-order chi connectivity index (χ0) is 25.9. The van der Waals surface area contributed by atoms with E-state index in [0.29, 0.717) is 16.5 Å². The Bertz CT molecular complexity index is 1550. The molecule has 7 nitrogen and oxygen atoms in total. The monoisotopic (exact) mass is 532 g/mol. The Morgan fingerprint density at radius 2 is 1.84 bits per heavy atom. The third-order valence-electron chi connectivity index (χ3n) is 5.95. The molecule has 196 valence electrons. The van der Waals surface area contributed by atoms with E-state index in [4.69, 9.17) is 9.47 Å². The highest BCUT2D eigenvalue weighted by molar-refractivity contribution is 7.13. The number of halogens is 1. The number of hydrogen-bond acceptors (Lipinski definition) is 6. The van der Waals surface area contributed by atoms with Crippen LogP contribution in [0.3, 0.4) is 0 Å². The zero-order valence-electron chi connectivity index (χ0n) is 20.5. The second-order valence-corrected chi connectivity index (χ2v) is 9.81. The van der Waals surface area contributed by atoms with Crippen LogP contribution in [0.1, 0.15) is 40.7 Å². The minimum atomic E-state index is -0.550. The van der Waals surface area contributed by atoms with Gasteiger partial charge in [-0.05, 0) is 62.4 Å². The molecular formula is C29H29FN4O3S. The van der Waals surface area contributed by atoms with Gasteiger partial charge in [0, 0.05) is 22.0 Å². The predicted octanol–water partition coefficient (Wildman–Crippen LogP) is 6.51. The Labute approximate surface area is 224 Å². The summed E-state index contributed by atoms with van der Waals surface area (Å²) in [5.74, 6) is 0.701. The fraction of sp³-hybridized carbons (Fsp3) is 0.207. The summed E-state index contributed by atoms with van der Waals surface area (Å²) in [5, 5.41) is 8.75. The molecule has 0 aliphatic carbocycles. The molecule has 2 heterocycles. The zero-order valence-corrected chi connectivity index (χ0v) is 21.3. The fourth-order valence-corrected chi connectivity index (χ4v) is 4.83. The molecule has 0 radical (unpaired) electrons. The number of nitrogens with zero attached hydrogens (tertiary/aromatic N) is 3. The summed E-state index contributed by atoms with van der Waals surface area (Å²) in [7, 11) is 1.60. The third kappa shape index (κ3) is 5.52. The van der Waals surface area contributed by atoms with Crippen LogP contribution in [-0.4, -0.2) is 33.8 Å². The number of fused-ring (bicyclic) bond motifs is 1. The van der Waals surface area contributed by atoms with Gasteiger partial charge in [-0.25, -0.2) is 14.1 Å². The first-order valence-corrected chi connectivity index (χ1v) is 12.5. The lowest BCUT2D eigenvalue weighted by atomic mass is 10.0. The second-order valence-electron chi connectivity index (χ2n) is 8.57. The van der Waals surface area contributed by atoms with E-state index in [1.807, 2.05) is 56.3 Å². The lowest BCUT2D eigenvalue weighted by molar-refractivity contribution is 0.0879. The van der Waals surface area contributed by atoms with Gasteiger partial charge in [0.05, 0.1) is 30.6 Å². The number of carbonyl (C=O) groups excluding carboxylic acids is 1. The molecule has 5 aromatic rings. The summed E-state index contributed by atoms with van der Waals surface area (Å²) in [4.78, 5) is 18.0. The molecule has 0 aliphatic heterocycles. The topological polar surface area (TPSA) is 78.3 Å². The first-order chi connectivity index (χ1) is 17.9. The van der Waals surface area contributed by atoms with Crippen LogP contribution in [0.25, 0.3) is 16.6 Å². The first-order valence-electron chi connectivity index (χ1n) is 11.7. The maximum absolute atomic E-state index is 13.4. The number of carbonyl (C=O) groups is 1. The van der Waals surface area contributed by atoms with Crippen molar-refractivity contribution in [3.8, 4) is 17.2 Å². The van der Waals surface area contributed by atoms with Gasteiger partial charge in [-0.15, -0.1) is 11.3 Å². The van der Waals surface area contributed by atoms with Crippen LogP contribution in [0.2, 0.25) is 0 Å². The number of benzene rings is 3. The van der Waals surface area contributed by atoms with E-state index >= 15 is 0 Å². The predicted molar refractivity (Wildman–Crippen MR) is 148 cm³/mol. The van der Waals surface area contributed by atoms with Gasteiger partial charge in [0.1, 0.15) is 23.4 Å². The first kappa shape index (κ1) is 26.8. The SMILES string of the molecule is C.COc1ccccc1[C@@H](Oc1ccc2c(cnn2-c2ccc(F)cc2)c1)[C@H](C)NC(=O)c1ncc(C)s1. The molecule has 0 aliphatic rings. The number of hydrogen-bond donors (Lipinski definition) is 1. The van der Waals surface area contributed by atoms with E-state index in [-0.39, 0.29) is 19.2 Å². The van der Waals surface area contributed by atoms with Crippen molar-refractivity contribution < 1.29 is 18.7 Å². The van der Waals surface area contributed by atoms with Crippen LogP contribution in [0.4, 0.5) is 4.39 Å². The average molecular weight is 533 g/mol. The van der Waals surface area contributed by atoms with Gasteiger partial charge in [-0.1, -0.05) is 25.6 Å². The number of para-hydroxylation sites is 1. The number of rotatable bonds is 8. The molecule has 2 atom stereocenters. The van der Waals surface area contributed by atoms with Gasteiger partial charge < -0.3 is 14.8 Å². The molecule has 5 rings (SSSR count). The van der Waals surface area contributed by atoms with Gasteiger partial charge in [0.2, 0.25) is 0 Å². The standard InChI is InChI=1S/C28H25FN4O3S.CH4/c1-17-15-30-28(37-17)27(34)32-18(2)26(23-6-4-5-7-25(23)35-3)36-22-12-13-24-19(14-22)16-31-33(24)21-10-8-20(29)9-11-21;/h4-16,18,26H,1-3H3,(H,32,34);1H4/t18-,26-;/m0./s1. The molecule has 0 spiro atoms. The van der Waals surface area contributed by atoms with E-state index in [1.54, 1.807) is 36.3 Å². The summed E-state index contributed by atoms with van der Waals surface area (Å²) < 4.78 is 27.2. The van der Waals surface area contributed by atoms with Crippen molar-refractivity contribution in [1.82, 2.24) is 20.1 Å². The summed E-state index contributed by atoms with van der Waals surface area (Å²) in [5.41, 5.74) is 2.41. The quantitative estimate of drug-likeness (QED) is 0.246. The van der Waals surface area contributed by atoms with E-state index in [9.17, 15) is 9.18 Å². The highest BCUT2D eigenvalue weighted by Gasteiger charge is 2.27. The molecule has 0 bridgehead atoms. The highest BCUT2D eigenvalue weighted by atomic mass is 32.1. The largest absolute Gasteiger partial charge is 0.496 e. The van der Waals surface area contributed by atoms with Crippen LogP contribution < -0.4 is 14.8 Å². The van der Waals surface area contributed by atoms with E-state index in [2.05, 4.69) is 15.4 Å². The maximum atomic E-state index is 13.4. The summed E-state index contributed by atoms with van der Waals surface area (Å²) in [6.07, 6.45) is 2.87. The number of ether oxygens (including phenoxy) is 2. The van der Waals surface area contributed by atoms with Crippen molar-refractivity contribution >= 4 is 28.1 Å². The molecule has 38 heavy (non-hydrogen) atoms. The van der Waals surface area contributed by atoms with E-state index < -0.39 is 12.1 Å². The lowest BCUT2D eigenvalue weighted by Crippen LogP contribution is -2.39. The van der Waals surface area contributed by atoms with Crippen molar-refractivity contribution in [2.75, 3.05) is 7.11 Å². The number of aryl methyl sites for hydroxylation is 1. The molecular weight excluding hydrogens is 503 g/mol. The van der Waals surface area contributed by atoms with Gasteiger partial charge in [0.25, 0.3) is 5.91 Å². The number of methoxy groups -OCH3 is 1. The molecule has 3 aromatic carbocycles. The minimum Gasteiger partial charge on any atom is -0.496 e. The normalized spacial score (nSPS) is 12.4. The van der Waals surface area contributed by atoms with Crippen LogP contribution in [0.15, 0.2) is 79.1 Å². The summed E-state index contributed by atoms with van der Waals surface area (Å²) in [6, 6.07) is 19.0. The maximum Gasteiger partial charge on any atom is 0.280 e. The number of thiazole rings is 1. The Hall–Kier alpha value is -4.24. The highest BCUT2D eigenvalue weighted by Crippen LogP contribution is 2.33. The third-order valence-corrected chi connectivity index (χ3v) is 6.86. The van der Waals surface area contributed by atoms with Gasteiger partial charge in [0.15, 0.2) is 5.01 Å². The van der Waals surface area contributed by atoms with Crippen molar-refractivity contribution in [2.45, 2.75) is 33.4 Å². The van der Waals surface area contributed by atoms with Crippen LogP contribution in [-0.2, 0) is 0 Å². The number of nitrogens with one attached hydrogen (secondary N) is 1. The van der Waals surface area contributed by atoms with Crippen LogP contribution in [0.5, 0.6) is 11.5 Å². The van der Waals surface area contributed by atoms with E-state index in [0.717, 1.165) is 27.0 Å². The van der Waals surface area contributed by atoms with Gasteiger partial charge in [-0.3, -0.25) is 4.79 Å². The Morgan fingerprint density at radius 1 is 1.08 bits per heavy atom. The molecule has 0 fully saturated rings. The number of aromatic nitrogens is 3. The summed E-state index contributed by atoms with van der Waals surface area (Å²) in [6.45, 7) is 3.80. The average Bonchev–Trinajstić information content (AvgIpc) is 3.54. The van der Waals surface area contributed by atoms with Gasteiger partial charge in [-0.2, -0.15) is 5.10 Å². The molecule has 0 unspecified atom stereocenters. The molecule has 9 heteroatoms. The second kappa shape index (κ2) is 11.4. The van der Waals surface area contributed by atoms with Gasteiger partial charge >= 0.3 is 0 Å². The molecule has 1 N–H and O–H groups in total. The Morgan fingerprint density at radius 3 is 2.55 bits per heavy atom. The van der Waals surface area contributed by atoms with E-state index in [1.165, 1.54) is 23.5 Å². The molecule has 0 saturated heterocycles. The molecule has 2 aromatic heterocycles. The Kier molecular flexibility index (Phi) is 8.07. The van der Waals surface area contributed by atoms with Crippen molar-refractivity contribution in [3.05, 3.63) is 100 Å². The van der Waals surface area contributed by atoms with Crippen molar-refractivity contribution in [2.24, 2.45) is 0 Å². The molecule has 1 amide bonds. The smallest absolute Gasteiger partial charge is 0.280 e. The fourth-order valence-electron chi connectivity index (χ4n) is 4.16.